The van der Waals surface area contributed by atoms with E-state index in [4.69, 9.17) is 14.2 Å². The second-order valence-electron chi connectivity index (χ2n) is 4.60. The number of carbonyl (C=O) groups is 1. The summed E-state index contributed by atoms with van der Waals surface area (Å²) >= 11 is 0. The van der Waals surface area contributed by atoms with Crippen LogP contribution in [0, 0.1) is 0 Å². The van der Waals surface area contributed by atoms with Gasteiger partial charge in [-0.2, -0.15) is 15.1 Å². The number of hydrogen-bond donors (Lipinski definition) is 2. The third-order valence-electron chi connectivity index (χ3n) is 2.90. The lowest BCUT2D eigenvalue weighted by Gasteiger charge is -2.09. The van der Waals surface area contributed by atoms with Crippen LogP contribution in [0.25, 0.3) is 0 Å². The summed E-state index contributed by atoms with van der Waals surface area (Å²) in [7, 11) is 2.97. The van der Waals surface area contributed by atoms with Crippen molar-refractivity contribution in [1.29, 1.82) is 0 Å². The molecule has 0 fully saturated rings. The van der Waals surface area contributed by atoms with E-state index in [1.807, 2.05) is 13.0 Å². The van der Waals surface area contributed by atoms with E-state index in [0.717, 1.165) is 0 Å². The highest BCUT2D eigenvalue weighted by Crippen LogP contribution is 2.25. The second kappa shape index (κ2) is 9.06. The summed E-state index contributed by atoms with van der Waals surface area (Å²) in [6.07, 6.45) is 1.46. The van der Waals surface area contributed by atoms with Crippen molar-refractivity contribution in [3.63, 3.8) is 0 Å². The van der Waals surface area contributed by atoms with Crippen LogP contribution in [0.15, 0.2) is 35.4 Å². The number of aromatic nitrogens is 2. The van der Waals surface area contributed by atoms with Crippen LogP contribution in [-0.2, 0) is 0 Å². The predicted molar refractivity (Wildman–Crippen MR) is 91.5 cm³/mol. The van der Waals surface area contributed by atoms with Crippen LogP contribution in [0.5, 0.6) is 23.5 Å². The van der Waals surface area contributed by atoms with E-state index >= 15 is 0 Å². The minimum atomic E-state index is -0.391. The van der Waals surface area contributed by atoms with Gasteiger partial charge in [-0.05, 0) is 19.1 Å². The van der Waals surface area contributed by atoms with E-state index in [-0.39, 0.29) is 6.01 Å². The number of hydrogen-bond acceptors (Lipinski definition) is 7. The minimum absolute atomic E-state index is 0.0636. The van der Waals surface area contributed by atoms with Gasteiger partial charge >= 0.3 is 12.0 Å². The van der Waals surface area contributed by atoms with Crippen LogP contribution >= 0.6 is 0 Å². The fourth-order valence-corrected chi connectivity index (χ4v) is 1.78. The van der Waals surface area contributed by atoms with Gasteiger partial charge in [-0.25, -0.2) is 10.2 Å². The number of benzene rings is 1. The van der Waals surface area contributed by atoms with E-state index in [1.165, 1.54) is 26.5 Å². The molecule has 2 aromatic rings. The number of urea groups is 1. The van der Waals surface area contributed by atoms with Crippen molar-refractivity contribution < 1.29 is 19.0 Å². The van der Waals surface area contributed by atoms with Crippen molar-refractivity contribution in [2.45, 2.75) is 6.92 Å². The first-order valence-electron chi connectivity index (χ1n) is 7.47. The van der Waals surface area contributed by atoms with Crippen molar-refractivity contribution in [1.82, 2.24) is 20.7 Å². The summed E-state index contributed by atoms with van der Waals surface area (Å²) in [6.45, 7) is 2.32. The number of para-hydroxylation sites is 1. The number of carbonyl (C=O) groups excluding carboxylic acids is 1. The van der Waals surface area contributed by atoms with Gasteiger partial charge in [-0.15, -0.1) is 0 Å². The molecule has 0 aliphatic carbocycles. The first-order valence-corrected chi connectivity index (χ1v) is 7.47. The van der Waals surface area contributed by atoms with Crippen molar-refractivity contribution >= 4 is 12.2 Å². The molecule has 9 nitrogen and oxygen atoms in total. The molecule has 9 heteroatoms. The van der Waals surface area contributed by atoms with Crippen LogP contribution in [0.3, 0.4) is 0 Å². The predicted octanol–water partition coefficient (Wildman–Crippen LogP) is 1.94. The number of hydrazone groups is 1. The molecule has 0 unspecified atom stereocenters. The highest BCUT2D eigenvalue weighted by atomic mass is 16.5. The maximum absolute atomic E-state index is 11.3. The number of amides is 2. The molecular weight excluding hydrogens is 326 g/mol. The third kappa shape index (κ3) is 5.34. The quantitative estimate of drug-likeness (QED) is 0.587. The molecule has 0 spiro atoms. The maximum atomic E-state index is 11.3. The van der Waals surface area contributed by atoms with E-state index in [1.54, 1.807) is 18.2 Å². The van der Waals surface area contributed by atoms with Crippen LogP contribution in [0.4, 0.5) is 4.79 Å². The van der Waals surface area contributed by atoms with Gasteiger partial charge in [0.25, 0.3) is 0 Å². The Morgan fingerprint density at radius 2 is 1.88 bits per heavy atom. The average Bonchev–Trinajstić information content (AvgIpc) is 2.63. The molecule has 0 saturated heterocycles. The van der Waals surface area contributed by atoms with Gasteiger partial charge < -0.3 is 19.5 Å². The van der Waals surface area contributed by atoms with Crippen molar-refractivity contribution in [3.8, 4) is 23.5 Å². The largest absolute Gasteiger partial charge is 0.481 e. The van der Waals surface area contributed by atoms with Gasteiger partial charge in [0.1, 0.15) is 5.75 Å². The highest BCUT2D eigenvalue weighted by molar-refractivity contribution is 5.85. The molecule has 25 heavy (non-hydrogen) atoms. The fourth-order valence-electron chi connectivity index (χ4n) is 1.78. The number of rotatable bonds is 7. The van der Waals surface area contributed by atoms with Gasteiger partial charge in [0.2, 0.25) is 11.8 Å². The van der Waals surface area contributed by atoms with E-state index in [9.17, 15) is 4.79 Å². The second-order valence-corrected chi connectivity index (χ2v) is 4.60. The molecule has 1 aromatic heterocycles. The summed E-state index contributed by atoms with van der Waals surface area (Å²) in [5.74, 6) is 1.08. The molecule has 1 heterocycles. The molecule has 2 amide bonds. The molecule has 0 bridgehead atoms. The Morgan fingerprint density at radius 3 is 2.52 bits per heavy atom. The fraction of sp³-hybridized carbons (Fsp3) is 0.250. The van der Waals surface area contributed by atoms with Gasteiger partial charge in [0.15, 0.2) is 0 Å². The molecule has 0 atom stereocenters. The number of methoxy groups -OCH3 is 2. The van der Waals surface area contributed by atoms with E-state index in [2.05, 4.69) is 25.8 Å². The molecule has 0 radical (unpaired) electrons. The van der Waals surface area contributed by atoms with Crippen LogP contribution < -0.4 is 25.0 Å². The lowest BCUT2D eigenvalue weighted by Crippen LogP contribution is -2.31. The van der Waals surface area contributed by atoms with Crippen LogP contribution in [0.2, 0.25) is 0 Å². The Labute approximate surface area is 145 Å². The molecule has 1 aromatic carbocycles. The minimum Gasteiger partial charge on any atom is -0.481 e. The number of ether oxygens (including phenoxy) is 3. The maximum Gasteiger partial charge on any atom is 0.335 e. The molecular formula is C16H19N5O4. The summed E-state index contributed by atoms with van der Waals surface area (Å²) < 4.78 is 15.9. The third-order valence-corrected chi connectivity index (χ3v) is 2.90. The molecule has 2 rings (SSSR count). The lowest BCUT2D eigenvalue weighted by atomic mass is 10.2. The molecule has 0 saturated carbocycles. The van der Waals surface area contributed by atoms with Crippen molar-refractivity contribution in [3.05, 3.63) is 35.9 Å². The highest BCUT2D eigenvalue weighted by Gasteiger charge is 2.09. The topological polar surface area (TPSA) is 107 Å². The Balaban J connectivity index is 2.18. The van der Waals surface area contributed by atoms with Gasteiger partial charge in [-0.1, -0.05) is 12.1 Å². The molecule has 2 N–H and O–H groups in total. The zero-order chi connectivity index (χ0) is 18.1. The van der Waals surface area contributed by atoms with Gasteiger partial charge in [-0.3, -0.25) is 0 Å². The Bertz CT molecular complexity index is 729. The molecule has 0 aliphatic heterocycles. The van der Waals surface area contributed by atoms with Gasteiger partial charge in [0, 0.05) is 12.1 Å². The molecule has 132 valence electrons. The SMILES string of the molecule is CCNC(=O)N/N=C/c1ccccc1Oc1nc(OC)cc(OC)n1. The standard InChI is InChI=1S/C16H19N5O4/c1-4-17-15(22)21-18-10-11-7-5-6-8-12(11)25-16-19-13(23-2)9-14(20-16)24-3/h5-10H,4H2,1-3H3,(H2,17,21,22)/b18-10+. The average molecular weight is 345 g/mol. The summed E-state index contributed by atoms with van der Waals surface area (Å²) in [5.41, 5.74) is 2.98. The van der Waals surface area contributed by atoms with Crippen molar-refractivity contribution in [2.24, 2.45) is 5.10 Å². The van der Waals surface area contributed by atoms with Crippen LogP contribution in [-0.4, -0.2) is 43.0 Å². The van der Waals surface area contributed by atoms with Crippen molar-refractivity contribution in [2.75, 3.05) is 20.8 Å². The Morgan fingerprint density at radius 1 is 1.20 bits per heavy atom. The van der Waals surface area contributed by atoms with Gasteiger partial charge in [0.05, 0.1) is 26.5 Å². The number of nitrogens with zero attached hydrogens (tertiary/aromatic N) is 3. The van der Waals surface area contributed by atoms with E-state index in [0.29, 0.717) is 29.6 Å². The summed E-state index contributed by atoms with van der Waals surface area (Å²) in [4.78, 5) is 19.6. The zero-order valence-electron chi connectivity index (χ0n) is 14.1. The Kier molecular flexibility index (Phi) is 6.52. The first-order chi connectivity index (χ1) is 12.2. The normalized spacial score (nSPS) is 10.4. The summed E-state index contributed by atoms with van der Waals surface area (Å²) in [6, 6.07) is 8.32. The van der Waals surface area contributed by atoms with E-state index < -0.39 is 6.03 Å². The smallest absolute Gasteiger partial charge is 0.335 e. The molecule has 0 aliphatic rings. The number of nitrogens with one attached hydrogen (secondary N) is 2. The first kappa shape index (κ1) is 18.0. The summed E-state index contributed by atoms with van der Waals surface area (Å²) in [5, 5.41) is 6.44. The zero-order valence-corrected chi connectivity index (χ0v) is 14.1. The monoisotopic (exact) mass is 345 g/mol. The lowest BCUT2D eigenvalue weighted by molar-refractivity contribution is 0.242. The Hall–Kier alpha value is -3.36. The van der Waals surface area contributed by atoms with Crippen LogP contribution in [0.1, 0.15) is 12.5 Å².